The molecule has 0 aliphatic heterocycles. The van der Waals surface area contributed by atoms with Gasteiger partial charge in [-0.25, -0.2) is 8.78 Å². The molecule has 15 heavy (non-hydrogen) atoms. The Labute approximate surface area is 93.2 Å². The lowest BCUT2D eigenvalue weighted by Gasteiger charge is -2.26. The summed E-state index contributed by atoms with van der Waals surface area (Å²) in [4.78, 5) is 0. The van der Waals surface area contributed by atoms with Crippen LogP contribution >= 0.6 is 11.6 Å². The molecule has 0 spiro atoms. The second kappa shape index (κ2) is 4.48. The van der Waals surface area contributed by atoms with Crippen molar-refractivity contribution < 1.29 is 8.78 Å². The van der Waals surface area contributed by atoms with Gasteiger partial charge in [0.15, 0.2) is 11.6 Å². The lowest BCUT2D eigenvalue weighted by Crippen LogP contribution is -2.15. The highest BCUT2D eigenvalue weighted by atomic mass is 35.5. The minimum Gasteiger partial charge on any atom is -0.204 e. The molecule has 1 aromatic rings. The molecule has 0 radical (unpaired) electrons. The van der Waals surface area contributed by atoms with Crippen molar-refractivity contribution in [3.63, 3.8) is 0 Å². The number of hydrogen-bond acceptors (Lipinski definition) is 0. The van der Waals surface area contributed by atoms with E-state index in [9.17, 15) is 8.78 Å². The van der Waals surface area contributed by atoms with Gasteiger partial charge in [-0.3, -0.25) is 0 Å². The predicted molar refractivity (Wildman–Crippen MR) is 57.2 cm³/mol. The zero-order valence-electron chi connectivity index (χ0n) is 8.35. The van der Waals surface area contributed by atoms with E-state index in [4.69, 9.17) is 11.6 Å². The lowest BCUT2D eigenvalue weighted by atomic mass is 9.83. The third kappa shape index (κ3) is 2.31. The molecule has 2 rings (SSSR count). The van der Waals surface area contributed by atoms with E-state index in [2.05, 4.69) is 0 Å². The molecule has 1 aromatic carbocycles. The van der Waals surface area contributed by atoms with E-state index in [0.717, 1.165) is 31.7 Å². The fraction of sp³-hybridized carbons (Fsp3) is 0.500. The Morgan fingerprint density at radius 1 is 1.20 bits per heavy atom. The first kappa shape index (κ1) is 10.9. The molecule has 0 bridgehead atoms. The van der Waals surface area contributed by atoms with Crippen LogP contribution in [0.5, 0.6) is 0 Å². The summed E-state index contributed by atoms with van der Waals surface area (Å²) in [6.45, 7) is 0. The largest absolute Gasteiger partial charge is 0.204 e. The minimum atomic E-state index is -0.760. The summed E-state index contributed by atoms with van der Waals surface area (Å²) in [5.41, 5.74) is 0.486. The summed E-state index contributed by atoms with van der Waals surface area (Å²) in [7, 11) is 0. The van der Waals surface area contributed by atoms with Crippen molar-refractivity contribution in [3.05, 3.63) is 35.4 Å². The highest BCUT2D eigenvalue weighted by Crippen LogP contribution is 2.36. The standard InChI is InChI=1S/C12H13ClF2/c13-9-4-1-3-8(7-9)10-5-2-6-11(14)12(10)15/h2,5-6,8-9H,1,3-4,7H2. The summed E-state index contributed by atoms with van der Waals surface area (Å²) in [5, 5.41) is 0.103. The van der Waals surface area contributed by atoms with Crippen molar-refractivity contribution in [3.8, 4) is 0 Å². The molecule has 2 unspecified atom stereocenters. The van der Waals surface area contributed by atoms with Crippen molar-refractivity contribution in [2.45, 2.75) is 37.0 Å². The van der Waals surface area contributed by atoms with Crippen LogP contribution in [0.4, 0.5) is 8.78 Å². The second-order valence-electron chi connectivity index (χ2n) is 4.10. The summed E-state index contributed by atoms with van der Waals surface area (Å²) >= 11 is 6.04. The number of alkyl halides is 1. The first-order valence-corrected chi connectivity index (χ1v) is 5.70. The highest BCUT2D eigenvalue weighted by molar-refractivity contribution is 6.20. The zero-order valence-corrected chi connectivity index (χ0v) is 9.11. The molecule has 0 aromatic heterocycles. The Morgan fingerprint density at radius 2 is 2.00 bits per heavy atom. The van der Waals surface area contributed by atoms with Crippen LogP contribution < -0.4 is 0 Å². The quantitative estimate of drug-likeness (QED) is 0.634. The van der Waals surface area contributed by atoms with Gasteiger partial charge in [0.2, 0.25) is 0 Å². The summed E-state index contributed by atoms with van der Waals surface area (Å²) in [6.07, 6.45) is 3.63. The topological polar surface area (TPSA) is 0 Å². The van der Waals surface area contributed by atoms with Crippen LogP contribution in [0.3, 0.4) is 0 Å². The monoisotopic (exact) mass is 230 g/mol. The van der Waals surface area contributed by atoms with E-state index in [0.29, 0.717) is 5.56 Å². The van der Waals surface area contributed by atoms with Crippen molar-refractivity contribution in [2.75, 3.05) is 0 Å². The summed E-state index contributed by atoms with van der Waals surface area (Å²) in [6, 6.07) is 4.38. The first-order chi connectivity index (χ1) is 7.18. The van der Waals surface area contributed by atoms with Crippen molar-refractivity contribution in [1.29, 1.82) is 0 Å². The van der Waals surface area contributed by atoms with Gasteiger partial charge in [-0.05, 0) is 36.8 Å². The van der Waals surface area contributed by atoms with Crippen LogP contribution in [-0.4, -0.2) is 5.38 Å². The first-order valence-electron chi connectivity index (χ1n) is 5.26. The number of halogens is 3. The molecule has 1 aliphatic rings. The smallest absolute Gasteiger partial charge is 0.162 e. The van der Waals surface area contributed by atoms with Crippen LogP contribution in [0.15, 0.2) is 18.2 Å². The Morgan fingerprint density at radius 3 is 2.73 bits per heavy atom. The Kier molecular flexibility index (Phi) is 3.25. The SMILES string of the molecule is Fc1cccc(C2CCCC(Cl)C2)c1F. The lowest BCUT2D eigenvalue weighted by molar-refractivity contribution is 0.421. The molecular formula is C12H13ClF2. The molecule has 0 amide bonds. The number of hydrogen-bond donors (Lipinski definition) is 0. The number of rotatable bonds is 1. The van der Waals surface area contributed by atoms with Crippen LogP contribution in [0, 0.1) is 11.6 Å². The summed E-state index contributed by atoms with van der Waals surface area (Å²) < 4.78 is 26.5. The van der Waals surface area contributed by atoms with E-state index in [1.165, 1.54) is 0 Å². The van der Waals surface area contributed by atoms with E-state index in [-0.39, 0.29) is 11.3 Å². The average Bonchev–Trinajstić information content (AvgIpc) is 2.22. The van der Waals surface area contributed by atoms with Gasteiger partial charge in [0.1, 0.15) is 0 Å². The zero-order chi connectivity index (χ0) is 10.8. The second-order valence-corrected chi connectivity index (χ2v) is 4.72. The molecule has 2 atom stereocenters. The van der Waals surface area contributed by atoms with Gasteiger partial charge in [0.25, 0.3) is 0 Å². The Hall–Kier alpha value is -0.630. The van der Waals surface area contributed by atoms with Gasteiger partial charge in [0, 0.05) is 5.38 Å². The molecule has 0 heterocycles. The summed E-state index contributed by atoms with van der Waals surface area (Å²) in [5.74, 6) is -1.38. The van der Waals surface area contributed by atoms with Crippen LogP contribution in [0.1, 0.15) is 37.2 Å². The van der Waals surface area contributed by atoms with Gasteiger partial charge < -0.3 is 0 Å². The van der Waals surface area contributed by atoms with Crippen LogP contribution in [0.25, 0.3) is 0 Å². The fourth-order valence-electron chi connectivity index (χ4n) is 2.25. The van der Waals surface area contributed by atoms with Crippen molar-refractivity contribution >= 4 is 11.6 Å². The molecule has 1 saturated carbocycles. The third-order valence-corrected chi connectivity index (χ3v) is 3.43. The van der Waals surface area contributed by atoms with E-state index >= 15 is 0 Å². The molecule has 3 heteroatoms. The highest BCUT2D eigenvalue weighted by Gasteiger charge is 2.24. The normalized spacial score (nSPS) is 26.6. The molecule has 1 aliphatic carbocycles. The van der Waals surface area contributed by atoms with Gasteiger partial charge in [-0.2, -0.15) is 0 Å². The van der Waals surface area contributed by atoms with Crippen LogP contribution in [-0.2, 0) is 0 Å². The Balaban J connectivity index is 2.24. The maximum atomic E-state index is 13.5. The molecule has 0 saturated heterocycles. The maximum Gasteiger partial charge on any atom is 0.162 e. The fourth-order valence-corrected chi connectivity index (χ4v) is 2.62. The average molecular weight is 231 g/mol. The predicted octanol–water partition coefficient (Wildman–Crippen LogP) is 4.23. The van der Waals surface area contributed by atoms with E-state index < -0.39 is 11.6 Å². The van der Waals surface area contributed by atoms with Gasteiger partial charge in [-0.15, -0.1) is 11.6 Å². The molecule has 0 N–H and O–H groups in total. The van der Waals surface area contributed by atoms with Crippen molar-refractivity contribution in [1.82, 2.24) is 0 Å². The van der Waals surface area contributed by atoms with Gasteiger partial charge in [0.05, 0.1) is 0 Å². The maximum absolute atomic E-state index is 13.5. The van der Waals surface area contributed by atoms with Crippen LogP contribution in [0.2, 0.25) is 0 Å². The molecule has 1 fully saturated rings. The Bertz CT molecular complexity index is 351. The third-order valence-electron chi connectivity index (χ3n) is 3.03. The number of benzene rings is 1. The van der Waals surface area contributed by atoms with E-state index in [1.807, 2.05) is 0 Å². The molecular weight excluding hydrogens is 218 g/mol. The van der Waals surface area contributed by atoms with Crippen molar-refractivity contribution in [2.24, 2.45) is 0 Å². The van der Waals surface area contributed by atoms with Gasteiger partial charge >= 0.3 is 0 Å². The minimum absolute atomic E-state index is 0.0805. The van der Waals surface area contributed by atoms with E-state index in [1.54, 1.807) is 12.1 Å². The molecule has 0 nitrogen and oxygen atoms in total. The molecule has 82 valence electrons. The van der Waals surface area contributed by atoms with Gasteiger partial charge in [-0.1, -0.05) is 18.6 Å².